The average molecular weight is 688 g/mol. The summed E-state index contributed by atoms with van der Waals surface area (Å²) in [5.74, 6) is -0.524. The molecule has 0 radical (unpaired) electrons. The molecule has 0 bridgehead atoms. The molecule has 3 atom stereocenters. The molecule has 4 N–H and O–H groups in total. The zero-order valence-corrected chi connectivity index (χ0v) is 32.3. The van der Waals surface area contributed by atoms with Gasteiger partial charge in [0.2, 0.25) is 5.91 Å². The third-order valence-electron chi connectivity index (χ3n) is 9.37. The van der Waals surface area contributed by atoms with Gasteiger partial charge in [-0.2, -0.15) is 0 Å². The van der Waals surface area contributed by atoms with Gasteiger partial charge in [0.1, 0.15) is 6.10 Å². The van der Waals surface area contributed by atoms with E-state index in [1.54, 1.807) is 6.08 Å². The van der Waals surface area contributed by atoms with E-state index < -0.39 is 24.2 Å². The van der Waals surface area contributed by atoms with Crippen molar-refractivity contribution in [1.82, 2.24) is 5.32 Å². The summed E-state index contributed by atoms with van der Waals surface area (Å²) in [4.78, 5) is 12.4. The smallest absolute Gasteiger partial charge is 0.249 e. The lowest BCUT2D eigenvalue weighted by Crippen LogP contribution is -2.48. The lowest BCUT2D eigenvalue weighted by Gasteiger charge is -2.21. The zero-order chi connectivity index (χ0) is 35.9. The second-order valence-corrected chi connectivity index (χ2v) is 14.2. The van der Waals surface area contributed by atoms with Crippen LogP contribution in [0.2, 0.25) is 0 Å². The van der Waals surface area contributed by atoms with Gasteiger partial charge in [-0.3, -0.25) is 4.79 Å². The molecule has 0 spiro atoms. The highest BCUT2D eigenvalue weighted by Gasteiger charge is 2.22. The van der Waals surface area contributed by atoms with Gasteiger partial charge in [0.25, 0.3) is 0 Å². The first-order valence-electron chi connectivity index (χ1n) is 21.0. The molecule has 0 rings (SSSR count). The highest BCUT2D eigenvalue weighted by atomic mass is 16.3. The van der Waals surface area contributed by atoms with E-state index in [4.69, 9.17) is 0 Å². The first-order valence-corrected chi connectivity index (χ1v) is 21.0. The van der Waals surface area contributed by atoms with Gasteiger partial charge in [0, 0.05) is 0 Å². The van der Waals surface area contributed by atoms with Crippen LogP contribution < -0.4 is 5.32 Å². The summed E-state index contributed by atoms with van der Waals surface area (Å²) in [5, 5.41) is 33.0. The monoisotopic (exact) mass is 688 g/mol. The van der Waals surface area contributed by atoms with Gasteiger partial charge < -0.3 is 20.6 Å². The van der Waals surface area contributed by atoms with E-state index in [9.17, 15) is 20.1 Å². The molecule has 1 amide bonds. The van der Waals surface area contributed by atoms with Crippen molar-refractivity contribution in [1.29, 1.82) is 0 Å². The Morgan fingerprint density at radius 2 is 0.837 bits per heavy atom. The summed E-state index contributed by atoms with van der Waals surface area (Å²) in [6.07, 6.45) is 49.9. The quantitative estimate of drug-likeness (QED) is 0.0386. The maximum Gasteiger partial charge on any atom is 0.249 e. The van der Waals surface area contributed by atoms with Crippen LogP contribution in [0, 0.1) is 0 Å². The van der Waals surface area contributed by atoms with Gasteiger partial charge in [-0.05, 0) is 70.6 Å². The van der Waals surface area contributed by atoms with Gasteiger partial charge in [-0.15, -0.1) is 0 Å². The Morgan fingerprint density at radius 1 is 0.490 bits per heavy atom. The molecule has 286 valence electrons. The van der Waals surface area contributed by atoms with Crippen LogP contribution in [-0.2, 0) is 4.79 Å². The van der Waals surface area contributed by atoms with E-state index in [0.29, 0.717) is 6.42 Å². The second kappa shape index (κ2) is 39.1. The Balaban J connectivity index is 3.74. The van der Waals surface area contributed by atoms with Crippen molar-refractivity contribution >= 4 is 5.91 Å². The summed E-state index contributed by atoms with van der Waals surface area (Å²) in [6.45, 7) is 4.13. The lowest BCUT2D eigenvalue weighted by atomic mass is 10.0. The van der Waals surface area contributed by atoms with Crippen molar-refractivity contribution in [3.8, 4) is 0 Å². The lowest BCUT2D eigenvalue weighted by molar-refractivity contribution is -0.131. The predicted octanol–water partition coefficient (Wildman–Crippen LogP) is 11.8. The zero-order valence-electron chi connectivity index (χ0n) is 32.3. The minimum Gasteiger partial charge on any atom is -0.394 e. The number of aliphatic hydroxyl groups excluding tert-OH is 3. The molecule has 0 aliphatic carbocycles. The number of allylic oxidation sites excluding steroid dienone is 7. The van der Waals surface area contributed by atoms with E-state index in [1.807, 2.05) is 6.08 Å². The summed E-state index contributed by atoms with van der Waals surface area (Å²) in [7, 11) is 0. The fraction of sp³-hybridized carbons (Fsp3) is 0.795. The van der Waals surface area contributed by atoms with Gasteiger partial charge in [-0.25, -0.2) is 0 Å². The Labute approximate surface area is 304 Å². The van der Waals surface area contributed by atoms with Crippen molar-refractivity contribution in [2.75, 3.05) is 6.61 Å². The number of hydrogen-bond donors (Lipinski definition) is 4. The molecule has 0 aliphatic rings. The first-order chi connectivity index (χ1) is 24.1. The highest BCUT2D eigenvalue weighted by Crippen LogP contribution is 2.14. The van der Waals surface area contributed by atoms with Gasteiger partial charge in [0.15, 0.2) is 0 Å². The molecule has 0 saturated heterocycles. The van der Waals surface area contributed by atoms with Crippen LogP contribution in [-0.4, -0.2) is 46.1 Å². The largest absolute Gasteiger partial charge is 0.394 e. The SMILES string of the molecule is CCCCCC/C=C/CC/C=C/CC/C=C/C(O)C(CO)NC(=O)C(O)CCCCCCCC/C=C\CCCCCCCCCCCCC. The number of unbranched alkanes of at least 4 members (excludes halogenated alkanes) is 23. The van der Waals surface area contributed by atoms with Crippen LogP contribution in [0.5, 0.6) is 0 Å². The van der Waals surface area contributed by atoms with Gasteiger partial charge in [-0.1, -0.05) is 178 Å². The topological polar surface area (TPSA) is 89.8 Å². The molecule has 3 unspecified atom stereocenters. The molecule has 49 heavy (non-hydrogen) atoms. The first kappa shape index (κ1) is 47.3. The van der Waals surface area contributed by atoms with Crippen LogP contribution in [0.4, 0.5) is 0 Å². The van der Waals surface area contributed by atoms with E-state index >= 15 is 0 Å². The van der Waals surface area contributed by atoms with E-state index in [0.717, 1.165) is 44.9 Å². The van der Waals surface area contributed by atoms with E-state index in [-0.39, 0.29) is 6.61 Å². The van der Waals surface area contributed by atoms with Gasteiger partial charge >= 0.3 is 0 Å². The van der Waals surface area contributed by atoms with Crippen molar-refractivity contribution < 1.29 is 20.1 Å². The minimum absolute atomic E-state index is 0.384. The number of nitrogens with one attached hydrogen (secondary N) is 1. The molecule has 0 aromatic rings. The Bertz CT molecular complexity index is 805. The maximum absolute atomic E-state index is 12.4. The fourth-order valence-corrected chi connectivity index (χ4v) is 6.03. The molecule has 5 nitrogen and oxygen atoms in total. The standard InChI is InChI=1S/C44H81NO4/c1-3-5-7-9-11-13-15-17-19-20-21-22-23-24-25-27-29-31-33-35-37-39-43(48)44(49)45-41(40-46)42(47)38-36-34-32-30-28-26-18-16-14-12-10-8-6-4-2/h14,16,23-24,28,30,36,38,41-43,46-48H,3-13,15,17-22,25-27,29,31-35,37,39-40H2,1-2H3,(H,45,49)/b16-14+,24-23-,30-28+,38-36+. The predicted molar refractivity (Wildman–Crippen MR) is 213 cm³/mol. The van der Waals surface area contributed by atoms with Crippen molar-refractivity contribution in [2.24, 2.45) is 0 Å². The Hall–Kier alpha value is -1.69. The van der Waals surface area contributed by atoms with E-state index in [1.165, 1.54) is 135 Å². The number of carbonyl (C=O) groups excluding carboxylic acids is 1. The molecule has 5 heteroatoms. The molecule has 0 aliphatic heterocycles. The minimum atomic E-state index is -1.11. The number of rotatable bonds is 37. The van der Waals surface area contributed by atoms with E-state index in [2.05, 4.69) is 55.6 Å². The molecule has 0 aromatic carbocycles. The third kappa shape index (κ3) is 34.5. The van der Waals surface area contributed by atoms with Crippen LogP contribution in [0.3, 0.4) is 0 Å². The molecule has 0 fully saturated rings. The normalized spacial score (nSPS) is 14.1. The van der Waals surface area contributed by atoms with Crippen molar-refractivity contribution in [2.45, 2.75) is 218 Å². The van der Waals surface area contributed by atoms with Crippen LogP contribution >= 0.6 is 0 Å². The molecular formula is C44H81NO4. The molecular weight excluding hydrogens is 606 g/mol. The molecule has 0 saturated carbocycles. The number of amides is 1. The van der Waals surface area contributed by atoms with Crippen LogP contribution in [0.1, 0.15) is 200 Å². The summed E-state index contributed by atoms with van der Waals surface area (Å²) in [6, 6.07) is -0.823. The highest BCUT2D eigenvalue weighted by molar-refractivity contribution is 5.80. The van der Waals surface area contributed by atoms with Crippen LogP contribution in [0.15, 0.2) is 48.6 Å². The molecule has 0 aromatic heterocycles. The number of aliphatic hydroxyl groups is 3. The van der Waals surface area contributed by atoms with Crippen LogP contribution in [0.25, 0.3) is 0 Å². The maximum atomic E-state index is 12.4. The number of hydrogen-bond acceptors (Lipinski definition) is 4. The fourth-order valence-electron chi connectivity index (χ4n) is 6.03. The Kier molecular flexibility index (Phi) is 37.8. The van der Waals surface area contributed by atoms with Gasteiger partial charge in [0.05, 0.1) is 18.8 Å². The van der Waals surface area contributed by atoms with Crippen molar-refractivity contribution in [3.05, 3.63) is 48.6 Å². The summed E-state index contributed by atoms with van der Waals surface area (Å²) in [5.41, 5.74) is 0. The summed E-state index contributed by atoms with van der Waals surface area (Å²) < 4.78 is 0. The summed E-state index contributed by atoms with van der Waals surface area (Å²) >= 11 is 0. The average Bonchev–Trinajstić information content (AvgIpc) is 3.11. The Morgan fingerprint density at radius 3 is 1.27 bits per heavy atom. The third-order valence-corrected chi connectivity index (χ3v) is 9.37. The molecule has 0 heterocycles. The van der Waals surface area contributed by atoms with Crippen molar-refractivity contribution in [3.63, 3.8) is 0 Å². The second-order valence-electron chi connectivity index (χ2n) is 14.2. The number of carbonyl (C=O) groups is 1.